The second kappa shape index (κ2) is 13.0. The summed E-state index contributed by atoms with van der Waals surface area (Å²) in [7, 11) is 0. The molecule has 1 aliphatic carbocycles. The molecule has 5 heterocycles. The lowest BCUT2D eigenvalue weighted by molar-refractivity contribution is -0.151. The monoisotopic (exact) mass is 582 g/mol. The molecule has 14 heteroatoms. The number of aryl methyl sites for hydroxylation is 1. The zero-order valence-corrected chi connectivity index (χ0v) is 23.8. The highest BCUT2D eigenvalue weighted by Gasteiger charge is 2.51. The summed E-state index contributed by atoms with van der Waals surface area (Å²) in [6, 6.07) is 2.05. The number of rotatable bonds is 13. The lowest BCUT2D eigenvalue weighted by Crippen LogP contribution is -2.34. The highest BCUT2D eigenvalue weighted by Crippen LogP contribution is 2.43. The fraction of sp³-hybridized carbons (Fsp3) is 0.643. The Morgan fingerprint density at radius 2 is 1.83 bits per heavy atom. The SMILES string of the molecule is CCc1cc([C@H]2O[C@@H](n3cnc4c(NC5CCCC5)nc(NCCN5CCCCC5)nc43)[C@H](OC=O)[C@H]2OC=O)on1. The van der Waals surface area contributed by atoms with Crippen molar-refractivity contribution in [3.05, 3.63) is 23.8 Å². The molecule has 14 nitrogen and oxygen atoms in total. The molecule has 0 unspecified atom stereocenters. The maximum Gasteiger partial charge on any atom is 0.293 e. The van der Waals surface area contributed by atoms with Crippen molar-refractivity contribution in [3.8, 4) is 0 Å². The third-order valence-electron chi connectivity index (χ3n) is 8.39. The van der Waals surface area contributed by atoms with Gasteiger partial charge in [-0.3, -0.25) is 14.2 Å². The van der Waals surface area contributed by atoms with Crippen molar-refractivity contribution in [1.29, 1.82) is 0 Å². The molecule has 0 bridgehead atoms. The van der Waals surface area contributed by atoms with Gasteiger partial charge in [-0.15, -0.1) is 0 Å². The Morgan fingerprint density at radius 3 is 2.57 bits per heavy atom. The summed E-state index contributed by atoms with van der Waals surface area (Å²) in [5, 5.41) is 11.0. The number of carbonyl (C=O) groups is 2. The minimum atomic E-state index is -0.998. The van der Waals surface area contributed by atoms with E-state index >= 15 is 0 Å². The fourth-order valence-corrected chi connectivity index (χ4v) is 6.20. The van der Waals surface area contributed by atoms with Crippen LogP contribution in [0.1, 0.15) is 75.7 Å². The maximum absolute atomic E-state index is 11.6. The number of nitrogens with zero attached hydrogens (tertiary/aromatic N) is 6. The van der Waals surface area contributed by atoms with Crippen LogP contribution in [0.5, 0.6) is 0 Å². The molecular formula is C28H38N8O6. The Kier molecular flexibility index (Phi) is 8.79. The number of carbonyl (C=O) groups excluding carboxylic acids is 2. The summed E-state index contributed by atoms with van der Waals surface area (Å²) >= 11 is 0. The van der Waals surface area contributed by atoms with Crippen LogP contribution in [0.3, 0.4) is 0 Å². The van der Waals surface area contributed by atoms with E-state index in [-0.39, 0.29) is 0 Å². The van der Waals surface area contributed by atoms with Crippen LogP contribution in [-0.2, 0) is 30.2 Å². The molecule has 6 rings (SSSR count). The van der Waals surface area contributed by atoms with Crippen LogP contribution in [0.2, 0.25) is 0 Å². The van der Waals surface area contributed by atoms with Crippen molar-refractivity contribution in [1.82, 2.24) is 29.6 Å². The number of likely N-dealkylation sites (tertiary alicyclic amines) is 1. The van der Waals surface area contributed by atoms with Gasteiger partial charge in [-0.1, -0.05) is 31.3 Å². The molecule has 2 N–H and O–H groups in total. The third-order valence-corrected chi connectivity index (χ3v) is 8.39. The average Bonchev–Trinajstić information content (AvgIpc) is 3.82. The number of anilines is 2. The maximum atomic E-state index is 11.6. The minimum Gasteiger partial charge on any atom is -0.457 e. The van der Waals surface area contributed by atoms with Gasteiger partial charge in [0.15, 0.2) is 47.3 Å². The van der Waals surface area contributed by atoms with Crippen molar-refractivity contribution in [2.75, 3.05) is 36.8 Å². The lowest BCUT2D eigenvalue weighted by Gasteiger charge is -2.26. The summed E-state index contributed by atoms with van der Waals surface area (Å²) in [5.41, 5.74) is 1.78. The summed E-state index contributed by atoms with van der Waals surface area (Å²) in [5.74, 6) is 1.47. The van der Waals surface area contributed by atoms with Crippen molar-refractivity contribution in [3.63, 3.8) is 0 Å². The van der Waals surface area contributed by atoms with Crippen molar-refractivity contribution < 1.29 is 28.3 Å². The number of hydrogen-bond donors (Lipinski definition) is 2. The van der Waals surface area contributed by atoms with E-state index in [0.717, 1.165) is 38.2 Å². The summed E-state index contributed by atoms with van der Waals surface area (Å²) in [6.07, 6.45) is 6.69. The highest BCUT2D eigenvalue weighted by atomic mass is 16.6. The number of aromatic nitrogens is 5. The van der Waals surface area contributed by atoms with Crippen LogP contribution in [0.25, 0.3) is 11.2 Å². The molecule has 3 fully saturated rings. The third kappa shape index (κ3) is 5.91. The number of piperidine rings is 1. The first-order valence-electron chi connectivity index (χ1n) is 14.9. The topological polar surface area (TPSA) is 159 Å². The molecule has 3 aromatic rings. The van der Waals surface area contributed by atoms with E-state index in [9.17, 15) is 9.59 Å². The van der Waals surface area contributed by atoms with Crippen LogP contribution in [0, 0.1) is 0 Å². The van der Waals surface area contributed by atoms with Crippen LogP contribution in [0.4, 0.5) is 11.8 Å². The number of nitrogens with one attached hydrogen (secondary N) is 2. The zero-order chi connectivity index (χ0) is 28.9. The zero-order valence-electron chi connectivity index (χ0n) is 23.8. The van der Waals surface area contributed by atoms with Gasteiger partial charge in [0.1, 0.15) is 0 Å². The molecule has 3 aliphatic rings. The van der Waals surface area contributed by atoms with E-state index in [2.05, 4.69) is 25.7 Å². The molecule has 2 aliphatic heterocycles. The first kappa shape index (κ1) is 28.3. The van der Waals surface area contributed by atoms with E-state index in [1.54, 1.807) is 17.0 Å². The Hall–Kier alpha value is -3.78. The van der Waals surface area contributed by atoms with E-state index in [1.807, 2.05) is 6.92 Å². The highest BCUT2D eigenvalue weighted by molar-refractivity contribution is 5.84. The van der Waals surface area contributed by atoms with Crippen LogP contribution in [-0.4, -0.2) is 86.9 Å². The molecule has 1 saturated carbocycles. The molecule has 0 radical (unpaired) electrons. The molecular weight excluding hydrogens is 544 g/mol. The molecule has 0 aromatic carbocycles. The van der Waals surface area contributed by atoms with E-state index in [4.69, 9.17) is 28.7 Å². The van der Waals surface area contributed by atoms with Gasteiger partial charge in [0.05, 0.1) is 12.0 Å². The number of ether oxygens (including phenoxy) is 3. The van der Waals surface area contributed by atoms with E-state index in [0.29, 0.717) is 60.6 Å². The lowest BCUT2D eigenvalue weighted by atomic mass is 10.1. The Balaban J connectivity index is 1.33. The largest absolute Gasteiger partial charge is 0.457 e. The first-order valence-corrected chi connectivity index (χ1v) is 14.9. The van der Waals surface area contributed by atoms with Gasteiger partial charge in [0.25, 0.3) is 12.9 Å². The van der Waals surface area contributed by atoms with Gasteiger partial charge < -0.3 is 34.3 Å². The second-order valence-electron chi connectivity index (χ2n) is 11.1. The van der Waals surface area contributed by atoms with Gasteiger partial charge in [0.2, 0.25) is 5.95 Å². The van der Waals surface area contributed by atoms with Crippen LogP contribution >= 0.6 is 0 Å². The van der Waals surface area contributed by atoms with E-state index in [1.165, 1.54) is 32.1 Å². The molecule has 4 atom stereocenters. The standard InChI is InChI=1S/C28H38N8O6/c1-2-18-14-20(42-34-18)22-23(39-16-37)24(40-17-38)27(41-22)36-15-30-21-25(31-19-8-4-5-9-19)32-28(33-26(21)36)29-10-13-35-11-6-3-7-12-35/h14-17,19,22-24,27H,2-13H2,1H3,(H2,29,31,32,33)/t22-,23+,24-,27-/m1/s1. The van der Waals surface area contributed by atoms with E-state index < -0.39 is 24.5 Å². The summed E-state index contributed by atoms with van der Waals surface area (Å²) in [6.45, 7) is 6.38. The normalized spacial score (nSPS) is 25.1. The molecule has 2 saturated heterocycles. The molecule has 42 heavy (non-hydrogen) atoms. The smallest absolute Gasteiger partial charge is 0.293 e. The molecule has 3 aromatic heterocycles. The van der Waals surface area contributed by atoms with Gasteiger partial charge >= 0.3 is 0 Å². The Labute approximate surface area is 243 Å². The number of imidazole rings is 1. The quantitative estimate of drug-likeness (QED) is 0.284. The van der Waals surface area contributed by atoms with Crippen molar-refractivity contribution >= 4 is 35.9 Å². The minimum absolute atomic E-state index is 0.303. The molecule has 226 valence electrons. The van der Waals surface area contributed by atoms with Gasteiger partial charge in [-0.05, 0) is 45.2 Å². The average molecular weight is 583 g/mol. The Bertz CT molecular complexity index is 1350. The fourth-order valence-electron chi connectivity index (χ4n) is 6.20. The molecule has 0 spiro atoms. The number of fused-ring (bicyclic) bond motifs is 1. The second-order valence-corrected chi connectivity index (χ2v) is 11.1. The van der Waals surface area contributed by atoms with Crippen LogP contribution in [0.15, 0.2) is 16.9 Å². The predicted octanol–water partition coefficient (Wildman–Crippen LogP) is 2.98. The van der Waals surface area contributed by atoms with Crippen molar-refractivity contribution in [2.45, 2.75) is 88.9 Å². The summed E-state index contributed by atoms with van der Waals surface area (Å²) in [4.78, 5) is 39.8. The number of hydrogen-bond acceptors (Lipinski definition) is 13. The Morgan fingerprint density at radius 1 is 1.05 bits per heavy atom. The van der Waals surface area contributed by atoms with Crippen molar-refractivity contribution in [2.24, 2.45) is 0 Å². The van der Waals surface area contributed by atoms with Gasteiger partial charge in [-0.25, -0.2) is 4.98 Å². The predicted molar refractivity (Wildman–Crippen MR) is 151 cm³/mol. The van der Waals surface area contributed by atoms with Crippen LogP contribution < -0.4 is 10.6 Å². The van der Waals surface area contributed by atoms with Gasteiger partial charge in [-0.2, -0.15) is 9.97 Å². The summed E-state index contributed by atoms with van der Waals surface area (Å²) < 4.78 is 24.4. The first-order chi connectivity index (χ1) is 20.7. The van der Waals surface area contributed by atoms with Gasteiger partial charge in [0, 0.05) is 25.2 Å². The molecule has 0 amide bonds.